The number of carboxylic acids is 1. The Morgan fingerprint density at radius 1 is 1.17 bits per heavy atom. The van der Waals surface area contributed by atoms with Crippen LogP contribution in [0.2, 0.25) is 0 Å². The van der Waals surface area contributed by atoms with E-state index in [0.29, 0.717) is 27.9 Å². The van der Waals surface area contributed by atoms with E-state index in [9.17, 15) is 19.5 Å². The van der Waals surface area contributed by atoms with Crippen molar-refractivity contribution in [3.63, 3.8) is 0 Å². The van der Waals surface area contributed by atoms with E-state index in [1.165, 1.54) is 11.3 Å². The number of hydrogen-bond acceptors (Lipinski definition) is 6. The molecule has 154 valence electrons. The number of hydrogen-bond donors (Lipinski definition) is 2. The van der Waals surface area contributed by atoms with Gasteiger partial charge in [0, 0.05) is 23.0 Å². The lowest BCUT2D eigenvalue weighted by atomic mass is 9.88. The van der Waals surface area contributed by atoms with Crippen molar-refractivity contribution in [3.8, 4) is 5.75 Å². The lowest BCUT2D eigenvalue weighted by molar-refractivity contribution is -0.305. The van der Waals surface area contributed by atoms with Gasteiger partial charge in [0.25, 0.3) is 5.91 Å². The molecule has 1 aliphatic rings. The summed E-state index contributed by atoms with van der Waals surface area (Å²) in [6.07, 6.45) is 2.05. The summed E-state index contributed by atoms with van der Waals surface area (Å²) in [4.78, 5) is 36.9. The first kappa shape index (κ1) is 20.9. The summed E-state index contributed by atoms with van der Waals surface area (Å²) in [6.45, 7) is 2.16. The molecule has 7 nitrogen and oxygen atoms in total. The number of ether oxygens (including phenoxy) is 1. The summed E-state index contributed by atoms with van der Waals surface area (Å²) < 4.78 is 5.13. The Morgan fingerprint density at radius 3 is 2.55 bits per heavy atom. The molecular weight excluding hydrogens is 392 g/mol. The Balaban J connectivity index is 1.85. The van der Waals surface area contributed by atoms with Crippen molar-refractivity contribution >= 4 is 39.8 Å². The van der Waals surface area contributed by atoms with Gasteiger partial charge in [-0.05, 0) is 61.4 Å². The topological polar surface area (TPSA) is 108 Å². The van der Waals surface area contributed by atoms with E-state index in [0.717, 1.165) is 29.7 Å². The van der Waals surface area contributed by atoms with Crippen molar-refractivity contribution in [3.05, 3.63) is 40.3 Å². The Morgan fingerprint density at radius 2 is 1.90 bits per heavy atom. The van der Waals surface area contributed by atoms with Gasteiger partial charge in [-0.2, -0.15) is 0 Å². The molecule has 8 heteroatoms. The van der Waals surface area contributed by atoms with Crippen molar-refractivity contribution in [1.29, 1.82) is 0 Å². The van der Waals surface area contributed by atoms with Crippen LogP contribution in [0.5, 0.6) is 5.75 Å². The van der Waals surface area contributed by atoms with Gasteiger partial charge in [0.2, 0.25) is 5.91 Å². The first-order chi connectivity index (χ1) is 13.9. The number of anilines is 2. The van der Waals surface area contributed by atoms with Gasteiger partial charge < -0.3 is 25.3 Å². The number of rotatable bonds is 7. The molecule has 1 aliphatic carbocycles. The summed E-state index contributed by atoms with van der Waals surface area (Å²) in [5.41, 5.74) is 2.05. The van der Waals surface area contributed by atoms with Crippen LogP contribution in [0.4, 0.5) is 10.7 Å². The SMILES string of the molecule is COc1ccc(NC(=O)c2c(NC(=O)CCC(=O)[O-])sc3c2CCC(C)C3)cc1. The number of amides is 2. The van der Waals surface area contributed by atoms with Crippen LogP contribution in [0.3, 0.4) is 0 Å². The number of carbonyl (C=O) groups excluding carboxylic acids is 3. The normalized spacial score (nSPS) is 15.3. The lowest BCUT2D eigenvalue weighted by Gasteiger charge is -2.18. The molecule has 0 saturated carbocycles. The molecule has 29 heavy (non-hydrogen) atoms. The monoisotopic (exact) mass is 415 g/mol. The lowest BCUT2D eigenvalue weighted by Crippen LogP contribution is -2.24. The summed E-state index contributed by atoms with van der Waals surface area (Å²) in [6, 6.07) is 7.00. The molecule has 2 amide bonds. The number of nitrogens with one attached hydrogen (secondary N) is 2. The van der Waals surface area contributed by atoms with Crippen molar-refractivity contribution in [1.82, 2.24) is 0 Å². The second-order valence-corrected chi connectivity index (χ2v) is 8.26. The van der Waals surface area contributed by atoms with Crippen LogP contribution < -0.4 is 20.5 Å². The molecule has 1 aromatic carbocycles. The Labute approximate surface area is 173 Å². The average Bonchev–Trinajstić information content (AvgIpc) is 3.03. The zero-order chi connectivity index (χ0) is 21.0. The van der Waals surface area contributed by atoms with Crippen LogP contribution >= 0.6 is 11.3 Å². The smallest absolute Gasteiger partial charge is 0.258 e. The zero-order valence-corrected chi connectivity index (χ0v) is 17.2. The number of benzene rings is 1. The number of methoxy groups -OCH3 is 1. The van der Waals surface area contributed by atoms with Gasteiger partial charge in [0.15, 0.2) is 0 Å². The van der Waals surface area contributed by atoms with Crippen LogP contribution in [-0.2, 0) is 22.4 Å². The molecule has 2 aromatic rings. The van der Waals surface area contributed by atoms with Gasteiger partial charge in [-0.1, -0.05) is 6.92 Å². The third-order valence-corrected chi connectivity index (χ3v) is 6.07. The molecule has 0 aliphatic heterocycles. The quantitative estimate of drug-likeness (QED) is 0.723. The Kier molecular flexibility index (Phi) is 6.53. The van der Waals surface area contributed by atoms with E-state index >= 15 is 0 Å². The van der Waals surface area contributed by atoms with Crippen molar-refractivity contribution in [2.45, 2.75) is 39.0 Å². The van der Waals surface area contributed by atoms with Gasteiger partial charge in [-0.3, -0.25) is 9.59 Å². The molecule has 0 radical (unpaired) electrons. The van der Waals surface area contributed by atoms with Crippen LogP contribution in [0.1, 0.15) is 47.0 Å². The fraction of sp³-hybridized carbons (Fsp3) is 0.381. The molecule has 1 unspecified atom stereocenters. The number of thiophene rings is 1. The first-order valence-corrected chi connectivity index (χ1v) is 10.3. The van der Waals surface area contributed by atoms with Gasteiger partial charge in [-0.25, -0.2) is 0 Å². The first-order valence-electron chi connectivity index (χ1n) is 9.47. The Hall–Kier alpha value is -2.87. The zero-order valence-electron chi connectivity index (χ0n) is 16.4. The predicted octanol–water partition coefficient (Wildman–Crippen LogP) is 2.60. The maximum atomic E-state index is 13.1. The number of carboxylic acid groups (broad SMARTS) is 1. The summed E-state index contributed by atoms with van der Waals surface area (Å²) >= 11 is 1.40. The van der Waals surface area contributed by atoms with Crippen molar-refractivity contribution in [2.75, 3.05) is 17.7 Å². The van der Waals surface area contributed by atoms with Crippen molar-refractivity contribution in [2.24, 2.45) is 5.92 Å². The second kappa shape index (κ2) is 9.09. The van der Waals surface area contributed by atoms with Crippen molar-refractivity contribution < 1.29 is 24.2 Å². The van der Waals surface area contributed by atoms with E-state index in [2.05, 4.69) is 17.6 Å². The summed E-state index contributed by atoms with van der Waals surface area (Å²) in [7, 11) is 1.57. The minimum atomic E-state index is -1.28. The predicted molar refractivity (Wildman–Crippen MR) is 109 cm³/mol. The molecule has 0 spiro atoms. The summed E-state index contributed by atoms with van der Waals surface area (Å²) in [5, 5.41) is 16.7. The van der Waals surface area contributed by atoms with Gasteiger partial charge in [-0.15, -0.1) is 11.3 Å². The Bertz CT molecular complexity index is 920. The maximum Gasteiger partial charge on any atom is 0.258 e. The molecule has 1 atom stereocenters. The minimum Gasteiger partial charge on any atom is -0.550 e. The standard InChI is InChI=1S/C21H24N2O5S/c1-12-3-8-15-16(11-12)29-21(23-17(24)9-10-18(25)26)19(15)20(27)22-13-4-6-14(28-2)7-5-13/h4-7,12H,3,8-11H2,1-2H3,(H,22,27)(H,23,24)(H,25,26)/p-1. The number of carbonyl (C=O) groups is 3. The second-order valence-electron chi connectivity index (χ2n) is 7.16. The highest BCUT2D eigenvalue weighted by atomic mass is 32.1. The third-order valence-electron chi connectivity index (χ3n) is 4.90. The highest BCUT2D eigenvalue weighted by molar-refractivity contribution is 7.17. The molecule has 2 N–H and O–H groups in total. The van der Waals surface area contributed by atoms with Crippen LogP contribution in [0.25, 0.3) is 0 Å². The largest absolute Gasteiger partial charge is 0.550 e. The van der Waals surface area contributed by atoms with Crippen LogP contribution in [0.15, 0.2) is 24.3 Å². The molecule has 0 saturated heterocycles. The highest BCUT2D eigenvalue weighted by Crippen LogP contribution is 2.40. The molecule has 0 bridgehead atoms. The van der Waals surface area contributed by atoms with Gasteiger partial charge in [0.1, 0.15) is 10.8 Å². The summed E-state index contributed by atoms with van der Waals surface area (Å²) in [5.74, 6) is -0.820. The van der Waals surface area contributed by atoms with E-state index in [1.54, 1.807) is 31.4 Å². The van der Waals surface area contributed by atoms with Crippen LogP contribution in [0, 0.1) is 5.92 Å². The van der Waals surface area contributed by atoms with Gasteiger partial charge >= 0.3 is 0 Å². The van der Waals surface area contributed by atoms with E-state index in [4.69, 9.17) is 4.74 Å². The number of aliphatic carboxylic acids is 1. The fourth-order valence-corrected chi connectivity index (χ4v) is 4.78. The number of fused-ring (bicyclic) bond motifs is 1. The van der Waals surface area contributed by atoms with E-state index in [1.807, 2.05) is 0 Å². The third kappa shape index (κ3) is 5.14. The van der Waals surface area contributed by atoms with Gasteiger partial charge in [0.05, 0.1) is 12.7 Å². The fourth-order valence-electron chi connectivity index (χ4n) is 3.35. The van der Waals surface area contributed by atoms with E-state index in [-0.39, 0.29) is 18.7 Å². The minimum absolute atomic E-state index is 0.194. The maximum absolute atomic E-state index is 13.1. The highest BCUT2D eigenvalue weighted by Gasteiger charge is 2.28. The van der Waals surface area contributed by atoms with E-state index < -0.39 is 11.9 Å². The molecule has 0 fully saturated rings. The molecule has 1 heterocycles. The average molecular weight is 415 g/mol. The molecule has 3 rings (SSSR count). The van der Waals surface area contributed by atoms with Crippen LogP contribution in [-0.4, -0.2) is 24.9 Å². The molecule has 1 aromatic heterocycles. The molecular formula is C21H23N2O5S-.